The first kappa shape index (κ1) is 23.9. The Kier molecular flexibility index (Phi) is 6.61. The molecule has 0 amide bonds. The van der Waals surface area contributed by atoms with Crippen LogP contribution < -0.4 is 0 Å². The predicted octanol–water partition coefficient (Wildman–Crippen LogP) is 8.81. The molecule has 0 radical (unpaired) electrons. The van der Waals surface area contributed by atoms with Crippen molar-refractivity contribution in [2.45, 2.75) is 74.2 Å². The van der Waals surface area contributed by atoms with Gasteiger partial charge in [0, 0.05) is 0 Å². The topological polar surface area (TPSA) is 0 Å². The van der Waals surface area contributed by atoms with Gasteiger partial charge in [0.2, 0.25) is 0 Å². The van der Waals surface area contributed by atoms with E-state index in [0.717, 1.165) is 3.63 Å². The quantitative estimate of drug-likeness (QED) is 0.357. The SMILES string of the molecule is CC1=C(C)[CH]([Zr]([CH]2C=C(c3ccc(C(C)(C)C)cc3)c3ccccc32)=[Si](C)C)C(C)=C1C. The van der Waals surface area contributed by atoms with Crippen molar-refractivity contribution in [3.63, 3.8) is 0 Å². The van der Waals surface area contributed by atoms with Crippen LogP contribution in [0.3, 0.4) is 0 Å². The van der Waals surface area contributed by atoms with Gasteiger partial charge in [0.05, 0.1) is 0 Å². The van der Waals surface area contributed by atoms with Crippen molar-refractivity contribution < 1.29 is 20.4 Å². The van der Waals surface area contributed by atoms with Crippen LogP contribution in [0.4, 0.5) is 0 Å². The number of hydrogen-bond donors (Lipinski definition) is 0. The van der Waals surface area contributed by atoms with Crippen LogP contribution in [0.25, 0.3) is 5.57 Å². The molecule has 0 saturated heterocycles. The third kappa shape index (κ3) is 4.07. The van der Waals surface area contributed by atoms with E-state index in [1.165, 1.54) is 22.3 Å². The van der Waals surface area contributed by atoms with E-state index in [-0.39, 0.29) is 10.8 Å². The summed E-state index contributed by atoms with van der Waals surface area (Å²) in [6.07, 6.45) is 2.70. The van der Waals surface area contributed by atoms with Crippen LogP contribution in [0.1, 0.15) is 74.3 Å². The molecule has 0 heterocycles. The zero-order valence-electron chi connectivity index (χ0n) is 21.4. The molecule has 0 saturated carbocycles. The predicted molar refractivity (Wildman–Crippen MR) is 139 cm³/mol. The van der Waals surface area contributed by atoms with Gasteiger partial charge in [0.1, 0.15) is 0 Å². The van der Waals surface area contributed by atoms with Crippen LogP contribution in [0.5, 0.6) is 0 Å². The van der Waals surface area contributed by atoms with Gasteiger partial charge in [0.25, 0.3) is 0 Å². The second kappa shape index (κ2) is 8.84. The fourth-order valence-corrected chi connectivity index (χ4v) is 26.2. The van der Waals surface area contributed by atoms with Gasteiger partial charge in [-0.15, -0.1) is 0 Å². The monoisotopic (exact) mass is 516 g/mol. The van der Waals surface area contributed by atoms with E-state index in [1.807, 2.05) is 0 Å². The molecule has 0 fully saturated rings. The third-order valence-corrected chi connectivity index (χ3v) is 27.5. The van der Waals surface area contributed by atoms with E-state index in [1.54, 1.807) is 27.9 Å². The van der Waals surface area contributed by atoms with Crippen molar-refractivity contribution in [1.82, 2.24) is 0 Å². The average molecular weight is 518 g/mol. The number of hydrogen-bond acceptors (Lipinski definition) is 0. The molecule has 32 heavy (non-hydrogen) atoms. The van der Waals surface area contributed by atoms with Crippen molar-refractivity contribution in [2.75, 3.05) is 0 Å². The fraction of sp³-hybridized carbons (Fsp3) is 0.400. The summed E-state index contributed by atoms with van der Waals surface area (Å²) in [4.78, 5) is 0. The first-order chi connectivity index (χ1) is 15.0. The summed E-state index contributed by atoms with van der Waals surface area (Å²) in [6.45, 7) is 21.7. The van der Waals surface area contributed by atoms with Gasteiger partial charge in [-0.2, -0.15) is 0 Å². The van der Waals surface area contributed by atoms with E-state index < -0.39 is 20.4 Å². The van der Waals surface area contributed by atoms with Crippen LogP contribution >= 0.6 is 0 Å². The minimum atomic E-state index is -1.88. The number of benzene rings is 2. The molecule has 4 rings (SSSR count). The second-order valence-electron chi connectivity index (χ2n) is 11.0. The maximum atomic E-state index is 2.70. The van der Waals surface area contributed by atoms with Crippen LogP contribution in [-0.4, -0.2) is 5.43 Å². The van der Waals surface area contributed by atoms with E-state index in [2.05, 4.69) is 116 Å². The first-order valence-electron chi connectivity index (χ1n) is 12.0. The molecule has 2 aromatic rings. The Morgan fingerprint density at radius 1 is 0.781 bits per heavy atom. The molecule has 0 nitrogen and oxygen atoms in total. The first-order valence-corrected chi connectivity index (χ1v) is 21.0. The molecule has 0 bridgehead atoms. The summed E-state index contributed by atoms with van der Waals surface area (Å²) >= 11 is -1.88. The molecule has 0 spiro atoms. The maximum absolute atomic E-state index is 2.70. The van der Waals surface area contributed by atoms with Crippen LogP contribution in [-0.2, 0) is 25.8 Å². The molecular weight excluding hydrogens is 480 g/mol. The molecule has 0 aliphatic heterocycles. The van der Waals surface area contributed by atoms with Crippen molar-refractivity contribution in [3.05, 3.63) is 99.2 Å². The summed E-state index contributed by atoms with van der Waals surface area (Å²) < 4.78 is 1.46. The van der Waals surface area contributed by atoms with E-state index >= 15 is 0 Å². The summed E-state index contributed by atoms with van der Waals surface area (Å²) in [5, 5.41) is 0. The molecule has 0 aromatic heterocycles. The van der Waals surface area contributed by atoms with Gasteiger partial charge in [0.15, 0.2) is 0 Å². The van der Waals surface area contributed by atoms with E-state index in [4.69, 9.17) is 0 Å². The van der Waals surface area contributed by atoms with Crippen LogP contribution in [0, 0.1) is 0 Å². The Morgan fingerprint density at radius 3 is 1.88 bits per heavy atom. The van der Waals surface area contributed by atoms with Gasteiger partial charge in [-0.1, -0.05) is 0 Å². The molecule has 1 atom stereocenters. The van der Waals surface area contributed by atoms with Gasteiger partial charge in [-0.05, 0) is 0 Å². The summed E-state index contributed by atoms with van der Waals surface area (Å²) in [6, 6.07) is 18.7. The molecule has 0 N–H and O–H groups in total. The standard InChI is InChI=1S/C19H19.C9H13.C2H6Si.Zr/c1-19(2,3)16-11-8-15(9-12-16)18-13-10-14-6-4-5-7-17(14)18;1-6-5-7(2)9(4)8(6)3;1-3-2;/h4-13H,1-3H3;5H,1-4H3;1-2H3;. The minimum absolute atomic E-state index is 0.192. The summed E-state index contributed by atoms with van der Waals surface area (Å²) in [7, 11) is 0. The summed E-state index contributed by atoms with van der Waals surface area (Å²) in [5.41, 5.74) is 13.7. The van der Waals surface area contributed by atoms with E-state index in [0.29, 0.717) is 3.63 Å². The second-order valence-corrected chi connectivity index (χ2v) is 29.0. The van der Waals surface area contributed by atoms with Gasteiger partial charge in [-0.3, -0.25) is 0 Å². The molecule has 1 unspecified atom stereocenters. The van der Waals surface area contributed by atoms with Crippen LogP contribution in [0.15, 0.2) is 76.9 Å². The molecule has 2 aliphatic rings. The fourth-order valence-electron chi connectivity index (χ4n) is 5.61. The third-order valence-electron chi connectivity index (χ3n) is 7.82. The summed E-state index contributed by atoms with van der Waals surface area (Å²) in [5.74, 6) is 0. The molecule has 2 heteroatoms. The van der Waals surface area contributed by atoms with Gasteiger partial charge < -0.3 is 0 Å². The number of rotatable bonds is 3. The van der Waals surface area contributed by atoms with E-state index in [9.17, 15) is 0 Å². The molecule has 2 aliphatic carbocycles. The zero-order chi connectivity index (χ0) is 23.4. The number of fused-ring (bicyclic) bond motifs is 1. The molecular formula is C30H38SiZr. The Hall–Kier alpha value is -1.24. The Bertz CT molecular complexity index is 1170. The van der Waals surface area contributed by atoms with Crippen molar-refractivity contribution >= 4 is 11.0 Å². The van der Waals surface area contributed by atoms with Gasteiger partial charge in [-0.25, -0.2) is 0 Å². The zero-order valence-corrected chi connectivity index (χ0v) is 24.8. The normalized spacial score (nSPS) is 18.9. The number of allylic oxidation sites excluding steroid dienone is 5. The Balaban J connectivity index is 1.85. The Labute approximate surface area is 203 Å². The van der Waals surface area contributed by atoms with Crippen molar-refractivity contribution in [3.8, 4) is 0 Å². The average Bonchev–Trinajstić information content (AvgIpc) is 3.21. The van der Waals surface area contributed by atoms with Crippen LogP contribution in [0.2, 0.25) is 16.7 Å². The molecule has 2 aromatic carbocycles. The Morgan fingerprint density at radius 2 is 1.34 bits per heavy atom. The van der Waals surface area contributed by atoms with Crippen molar-refractivity contribution in [1.29, 1.82) is 0 Å². The van der Waals surface area contributed by atoms with Crippen molar-refractivity contribution in [2.24, 2.45) is 0 Å². The molecule has 166 valence electrons. The van der Waals surface area contributed by atoms with Gasteiger partial charge >= 0.3 is 205 Å².